The molecule has 0 aromatic rings. The number of hydrogen-bond donors (Lipinski definition) is 0. The highest BCUT2D eigenvalue weighted by Gasteiger charge is 2.40. The zero-order valence-corrected chi connectivity index (χ0v) is 24.1. The van der Waals surface area contributed by atoms with E-state index in [-0.39, 0.29) is 11.9 Å². The molecule has 1 rings (SSSR count). The topological polar surface area (TPSA) is 40.2 Å². The van der Waals surface area contributed by atoms with Crippen molar-refractivity contribution in [3.8, 4) is 0 Å². The SMILES string of the molecule is CCCCOCCCCCCCCC1(CCCCCCCCOCCCC)OCC(CN(C)C)O1. The molecular formula is C30H61NO4. The van der Waals surface area contributed by atoms with E-state index in [1.54, 1.807) is 0 Å². The third-order valence-electron chi connectivity index (χ3n) is 6.96. The zero-order valence-electron chi connectivity index (χ0n) is 24.1. The van der Waals surface area contributed by atoms with Crippen LogP contribution in [-0.2, 0) is 18.9 Å². The first-order valence-corrected chi connectivity index (χ1v) is 15.2. The Morgan fingerprint density at radius 3 is 1.51 bits per heavy atom. The van der Waals surface area contributed by atoms with Gasteiger partial charge in [0.15, 0.2) is 5.79 Å². The van der Waals surface area contributed by atoms with Crippen LogP contribution in [0.4, 0.5) is 0 Å². The molecule has 1 aliphatic rings. The Bertz CT molecular complexity index is 420. The molecule has 0 amide bonds. The zero-order chi connectivity index (χ0) is 25.5. The first-order valence-electron chi connectivity index (χ1n) is 15.2. The Kier molecular flexibility index (Phi) is 21.5. The quantitative estimate of drug-likeness (QED) is 0.114. The van der Waals surface area contributed by atoms with Gasteiger partial charge in [-0.25, -0.2) is 0 Å². The van der Waals surface area contributed by atoms with Gasteiger partial charge in [0, 0.05) is 45.8 Å². The molecule has 1 aliphatic heterocycles. The lowest BCUT2D eigenvalue weighted by Gasteiger charge is -2.29. The summed E-state index contributed by atoms with van der Waals surface area (Å²) in [6.07, 6.45) is 22.4. The predicted octanol–water partition coefficient (Wildman–Crippen LogP) is 7.75. The summed E-state index contributed by atoms with van der Waals surface area (Å²) in [4.78, 5) is 2.21. The van der Waals surface area contributed by atoms with E-state index in [4.69, 9.17) is 18.9 Å². The van der Waals surface area contributed by atoms with Crippen LogP contribution >= 0.6 is 0 Å². The molecule has 0 aliphatic carbocycles. The standard InChI is InChI=1S/C30H61NO4/c1-5-7-23-32-25-19-15-11-9-13-17-21-30(34-28-29(35-30)27-31(3)4)22-18-14-10-12-16-20-26-33-24-8-6-2/h29H,5-28H2,1-4H3. The highest BCUT2D eigenvalue weighted by atomic mass is 16.7. The lowest BCUT2D eigenvalue weighted by molar-refractivity contribution is -0.180. The van der Waals surface area contributed by atoms with Gasteiger partial charge in [0.2, 0.25) is 0 Å². The summed E-state index contributed by atoms with van der Waals surface area (Å²) in [6, 6.07) is 0. The number of ether oxygens (including phenoxy) is 4. The van der Waals surface area contributed by atoms with E-state index in [2.05, 4.69) is 32.8 Å². The largest absolute Gasteiger partial charge is 0.381 e. The molecule has 1 heterocycles. The van der Waals surface area contributed by atoms with Crippen molar-refractivity contribution < 1.29 is 18.9 Å². The predicted molar refractivity (Wildman–Crippen MR) is 148 cm³/mol. The Morgan fingerprint density at radius 1 is 0.629 bits per heavy atom. The Balaban J connectivity index is 2.16. The van der Waals surface area contributed by atoms with E-state index in [0.717, 1.165) is 52.4 Å². The van der Waals surface area contributed by atoms with Gasteiger partial charge in [-0.2, -0.15) is 0 Å². The minimum Gasteiger partial charge on any atom is -0.381 e. The normalized spacial score (nSPS) is 17.6. The first kappa shape index (κ1) is 32.8. The monoisotopic (exact) mass is 499 g/mol. The van der Waals surface area contributed by atoms with Crippen LogP contribution in [0.25, 0.3) is 0 Å². The van der Waals surface area contributed by atoms with Gasteiger partial charge in [-0.1, -0.05) is 78.1 Å². The van der Waals surface area contributed by atoms with Crippen LogP contribution in [-0.4, -0.2) is 70.5 Å². The number of rotatable bonds is 26. The Morgan fingerprint density at radius 2 is 1.06 bits per heavy atom. The van der Waals surface area contributed by atoms with Crippen molar-refractivity contribution in [1.82, 2.24) is 4.90 Å². The lowest BCUT2D eigenvalue weighted by Crippen LogP contribution is -2.33. The van der Waals surface area contributed by atoms with Crippen molar-refractivity contribution in [2.75, 3.05) is 53.7 Å². The van der Waals surface area contributed by atoms with Crippen LogP contribution in [0, 0.1) is 0 Å². The van der Waals surface area contributed by atoms with Crippen molar-refractivity contribution in [2.24, 2.45) is 0 Å². The van der Waals surface area contributed by atoms with Crippen LogP contribution in [0.15, 0.2) is 0 Å². The molecule has 5 nitrogen and oxygen atoms in total. The first-order chi connectivity index (χ1) is 17.1. The maximum absolute atomic E-state index is 6.55. The number of likely N-dealkylation sites (N-methyl/N-ethyl adjacent to an activating group) is 1. The highest BCUT2D eigenvalue weighted by molar-refractivity contribution is 4.80. The van der Waals surface area contributed by atoms with Crippen LogP contribution in [0.3, 0.4) is 0 Å². The molecule has 5 heteroatoms. The van der Waals surface area contributed by atoms with E-state index in [9.17, 15) is 0 Å². The lowest BCUT2D eigenvalue weighted by atomic mass is 9.99. The van der Waals surface area contributed by atoms with E-state index >= 15 is 0 Å². The summed E-state index contributed by atoms with van der Waals surface area (Å²) in [5.74, 6) is -0.332. The van der Waals surface area contributed by atoms with Crippen LogP contribution < -0.4 is 0 Å². The smallest absolute Gasteiger partial charge is 0.168 e. The molecule has 210 valence electrons. The maximum Gasteiger partial charge on any atom is 0.168 e. The summed E-state index contributed by atoms with van der Waals surface area (Å²) in [6.45, 7) is 9.85. The fourth-order valence-corrected chi connectivity index (χ4v) is 4.81. The van der Waals surface area contributed by atoms with Crippen LogP contribution in [0.5, 0.6) is 0 Å². The average molecular weight is 500 g/mol. The summed E-state index contributed by atoms with van der Waals surface area (Å²) in [7, 11) is 4.24. The fraction of sp³-hybridized carbons (Fsp3) is 1.00. The molecule has 1 saturated heterocycles. The van der Waals surface area contributed by atoms with Gasteiger partial charge >= 0.3 is 0 Å². The van der Waals surface area contributed by atoms with Crippen molar-refractivity contribution in [2.45, 2.75) is 141 Å². The van der Waals surface area contributed by atoms with Crippen molar-refractivity contribution in [3.05, 3.63) is 0 Å². The average Bonchev–Trinajstić information content (AvgIpc) is 3.23. The van der Waals surface area contributed by atoms with Crippen LogP contribution in [0.2, 0.25) is 0 Å². The minimum atomic E-state index is -0.332. The van der Waals surface area contributed by atoms with Crippen molar-refractivity contribution >= 4 is 0 Å². The van der Waals surface area contributed by atoms with Gasteiger partial charge in [0.1, 0.15) is 0 Å². The van der Waals surface area contributed by atoms with Gasteiger partial charge in [0.05, 0.1) is 12.7 Å². The third-order valence-corrected chi connectivity index (χ3v) is 6.96. The van der Waals surface area contributed by atoms with Gasteiger partial charge < -0.3 is 23.8 Å². The molecule has 0 aromatic carbocycles. The van der Waals surface area contributed by atoms with Gasteiger partial charge in [-0.05, 0) is 52.6 Å². The fourth-order valence-electron chi connectivity index (χ4n) is 4.81. The molecule has 1 atom stereocenters. The highest BCUT2D eigenvalue weighted by Crippen LogP contribution is 2.34. The molecule has 0 saturated carbocycles. The second kappa shape index (κ2) is 23.0. The van der Waals surface area contributed by atoms with E-state index in [1.807, 2.05) is 0 Å². The van der Waals surface area contributed by atoms with Crippen molar-refractivity contribution in [1.29, 1.82) is 0 Å². The van der Waals surface area contributed by atoms with Gasteiger partial charge in [-0.15, -0.1) is 0 Å². The van der Waals surface area contributed by atoms with Gasteiger partial charge in [-0.3, -0.25) is 0 Å². The Labute approximate surface area is 219 Å². The molecule has 0 spiro atoms. The molecule has 0 aromatic heterocycles. The summed E-state index contributed by atoms with van der Waals surface area (Å²) >= 11 is 0. The second-order valence-corrected chi connectivity index (χ2v) is 10.9. The van der Waals surface area contributed by atoms with Crippen molar-refractivity contribution in [3.63, 3.8) is 0 Å². The second-order valence-electron chi connectivity index (χ2n) is 10.9. The van der Waals surface area contributed by atoms with E-state index < -0.39 is 0 Å². The maximum atomic E-state index is 6.55. The number of unbranched alkanes of at least 4 members (excludes halogenated alkanes) is 12. The molecule has 0 bridgehead atoms. The number of hydrogen-bond acceptors (Lipinski definition) is 5. The molecule has 0 N–H and O–H groups in total. The number of nitrogens with zero attached hydrogens (tertiary/aromatic N) is 1. The molecule has 35 heavy (non-hydrogen) atoms. The van der Waals surface area contributed by atoms with Gasteiger partial charge in [0.25, 0.3) is 0 Å². The summed E-state index contributed by atoms with van der Waals surface area (Å²) in [5.41, 5.74) is 0. The molecule has 1 unspecified atom stereocenters. The molecule has 0 radical (unpaired) electrons. The molecule has 1 fully saturated rings. The summed E-state index contributed by atoms with van der Waals surface area (Å²) in [5, 5.41) is 0. The summed E-state index contributed by atoms with van der Waals surface area (Å²) < 4.78 is 24.2. The van der Waals surface area contributed by atoms with E-state index in [1.165, 1.54) is 103 Å². The van der Waals surface area contributed by atoms with Crippen LogP contribution in [0.1, 0.15) is 129 Å². The minimum absolute atomic E-state index is 0.213. The molecular weight excluding hydrogens is 438 g/mol. The third kappa shape index (κ3) is 18.7. The Hall–Kier alpha value is -0.200. The van der Waals surface area contributed by atoms with E-state index in [0.29, 0.717) is 0 Å².